The number of esters is 2. The maximum Gasteiger partial charge on any atom is 0.330 e. The van der Waals surface area contributed by atoms with Crippen molar-refractivity contribution in [2.75, 3.05) is 27.9 Å². The fourth-order valence-electron chi connectivity index (χ4n) is 5.91. The molecule has 1 aliphatic heterocycles. The molecule has 190 valence electrons. The van der Waals surface area contributed by atoms with Crippen molar-refractivity contribution in [2.45, 2.75) is 83.1 Å². The van der Waals surface area contributed by atoms with Crippen LogP contribution < -0.4 is 19.5 Å². The molecule has 0 aromatic heterocycles. The Hall–Kier alpha value is -2.28. The number of carbonyl (C=O) groups is 2. The molecule has 0 amide bonds. The molecule has 7 nitrogen and oxygen atoms in total. The van der Waals surface area contributed by atoms with Crippen LogP contribution in [-0.2, 0) is 19.7 Å². The molecule has 1 saturated heterocycles. The van der Waals surface area contributed by atoms with E-state index in [0.717, 1.165) is 63.5 Å². The number of methoxy groups -OCH3 is 3. The Bertz CT molecular complexity index is 819. The van der Waals surface area contributed by atoms with Crippen molar-refractivity contribution in [2.24, 2.45) is 11.8 Å². The Morgan fingerprint density at radius 2 is 1.59 bits per heavy atom. The van der Waals surface area contributed by atoms with Crippen molar-refractivity contribution in [3.05, 3.63) is 17.7 Å². The second kappa shape index (κ2) is 11.9. The van der Waals surface area contributed by atoms with Crippen molar-refractivity contribution >= 4 is 11.9 Å². The number of rotatable bonds is 9. The summed E-state index contributed by atoms with van der Waals surface area (Å²) in [7, 11) is 4.71. The van der Waals surface area contributed by atoms with E-state index in [0.29, 0.717) is 23.7 Å². The Labute approximate surface area is 203 Å². The van der Waals surface area contributed by atoms with Gasteiger partial charge in [0.1, 0.15) is 6.04 Å². The van der Waals surface area contributed by atoms with Crippen LogP contribution in [0.4, 0.5) is 0 Å². The molecule has 3 rings (SSSR count). The highest BCUT2D eigenvalue weighted by Crippen LogP contribution is 2.51. The summed E-state index contributed by atoms with van der Waals surface area (Å²) in [6.45, 7) is 4.93. The maximum absolute atomic E-state index is 14.2. The van der Waals surface area contributed by atoms with E-state index in [1.54, 1.807) is 21.3 Å². The number of nitrogens with one attached hydrogen (secondary N) is 1. The first-order chi connectivity index (χ1) is 16.4. The van der Waals surface area contributed by atoms with Gasteiger partial charge in [0.2, 0.25) is 5.75 Å². The number of hydrogen-bond acceptors (Lipinski definition) is 7. The van der Waals surface area contributed by atoms with Crippen LogP contribution in [0.2, 0.25) is 0 Å². The van der Waals surface area contributed by atoms with Gasteiger partial charge in [0, 0.05) is 0 Å². The minimum absolute atomic E-state index is 0.0543. The summed E-state index contributed by atoms with van der Waals surface area (Å²) in [5.74, 6) is 0.533. The highest BCUT2D eigenvalue weighted by atomic mass is 16.6. The molecule has 0 spiro atoms. The van der Waals surface area contributed by atoms with Gasteiger partial charge in [-0.3, -0.25) is 4.79 Å². The lowest BCUT2D eigenvalue weighted by atomic mass is 9.58. The molecule has 34 heavy (non-hydrogen) atoms. The molecular formula is C27H41NO6. The maximum atomic E-state index is 14.2. The SMILES string of the molecule is CC[C@H](C)[C@@](C(=O)OC(=O)C1CCCCN1)(c1cc(OC)c(OC)c(OC)c1)C1CCCCC1. The molecule has 2 aliphatic rings. The van der Waals surface area contributed by atoms with Gasteiger partial charge in [0.05, 0.1) is 26.7 Å². The fraction of sp³-hybridized carbons (Fsp3) is 0.704. The summed E-state index contributed by atoms with van der Waals surface area (Å²) in [6, 6.07) is 3.30. The summed E-state index contributed by atoms with van der Waals surface area (Å²) >= 11 is 0. The molecule has 1 aliphatic carbocycles. The number of carbonyl (C=O) groups excluding carboxylic acids is 2. The molecule has 2 fully saturated rings. The highest BCUT2D eigenvalue weighted by Gasteiger charge is 2.53. The lowest BCUT2D eigenvalue weighted by Gasteiger charge is -2.45. The van der Waals surface area contributed by atoms with Crippen molar-refractivity contribution in [3.8, 4) is 17.2 Å². The van der Waals surface area contributed by atoms with Crippen LogP contribution in [0, 0.1) is 11.8 Å². The first kappa shape index (κ1) is 26.3. The van der Waals surface area contributed by atoms with Gasteiger partial charge in [-0.25, -0.2) is 4.79 Å². The smallest absolute Gasteiger partial charge is 0.330 e. The van der Waals surface area contributed by atoms with Crippen molar-refractivity contribution in [1.82, 2.24) is 5.32 Å². The molecule has 7 heteroatoms. The molecule has 3 atom stereocenters. The minimum Gasteiger partial charge on any atom is -0.493 e. The highest BCUT2D eigenvalue weighted by molar-refractivity contribution is 5.95. The van der Waals surface area contributed by atoms with Crippen LogP contribution in [0.3, 0.4) is 0 Å². The summed E-state index contributed by atoms with van der Waals surface area (Å²) in [5, 5.41) is 3.21. The largest absolute Gasteiger partial charge is 0.493 e. The average molecular weight is 476 g/mol. The van der Waals surface area contributed by atoms with E-state index in [1.165, 1.54) is 0 Å². The molecule has 0 radical (unpaired) electrons. The van der Waals surface area contributed by atoms with Crippen LogP contribution in [-0.4, -0.2) is 45.9 Å². The van der Waals surface area contributed by atoms with Crippen molar-refractivity contribution < 1.29 is 28.5 Å². The Balaban J connectivity index is 2.14. The van der Waals surface area contributed by atoms with Crippen molar-refractivity contribution in [3.63, 3.8) is 0 Å². The lowest BCUT2D eigenvalue weighted by Crippen LogP contribution is -2.52. The third-order valence-electron chi connectivity index (χ3n) is 7.91. The Morgan fingerprint density at radius 3 is 2.09 bits per heavy atom. The van der Waals surface area contributed by atoms with Crippen molar-refractivity contribution in [1.29, 1.82) is 0 Å². The number of piperidine rings is 1. The van der Waals surface area contributed by atoms with Crippen LogP contribution in [0.15, 0.2) is 12.1 Å². The molecule has 1 heterocycles. The molecule has 0 bridgehead atoms. The zero-order valence-electron chi connectivity index (χ0n) is 21.4. The zero-order chi connectivity index (χ0) is 24.7. The fourth-order valence-corrected chi connectivity index (χ4v) is 5.91. The molecule has 1 unspecified atom stereocenters. The van der Waals surface area contributed by atoms with E-state index < -0.39 is 23.4 Å². The summed E-state index contributed by atoms with van der Waals surface area (Å²) in [5.41, 5.74) is -0.232. The van der Waals surface area contributed by atoms with Gasteiger partial charge >= 0.3 is 11.9 Å². The predicted octanol–water partition coefficient (Wildman–Crippen LogP) is 4.79. The van der Waals surface area contributed by atoms with Gasteiger partial charge in [0.25, 0.3) is 0 Å². The molecule has 1 N–H and O–H groups in total. The van der Waals surface area contributed by atoms with Gasteiger partial charge < -0.3 is 24.3 Å². The first-order valence-corrected chi connectivity index (χ1v) is 12.7. The summed E-state index contributed by atoms with van der Waals surface area (Å²) in [4.78, 5) is 27.2. The lowest BCUT2D eigenvalue weighted by molar-refractivity contribution is -0.170. The topological polar surface area (TPSA) is 83.1 Å². The number of hydrogen-bond donors (Lipinski definition) is 1. The second-order valence-corrected chi connectivity index (χ2v) is 9.64. The summed E-state index contributed by atoms with van der Waals surface area (Å²) < 4.78 is 22.5. The van der Waals surface area contributed by atoms with Gasteiger partial charge in [0.15, 0.2) is 11.5 Å². The molecule has 1 saturated carbocycles. The van der Waals surface area contributed by atoms with Gasteiger partial charge in [-0.2, -0.15) is 0 Å². The Morgan fingerprint density at radius 1 is 0.971 bits per heavy atom. The second-order valence-electron chi connectivity index (χ2n) is 9.64. The van der Waals surface area contributed by atoms with Crippen LogP contribution in [0.1, 0.15) is 77.2 Å². The van der Waals surface area contributed by atoms with E-state index >= 15 is 0 Å². The number of benzene rings is 1. The third kappa shape index (κ3) is 5.04. The zero-order valence-corrected chi connectivity index (χ0v) is 21.4. The quantitative estimate of drug-likeness (QED) is 0.406. The molecular weight excluding hydrogens is 434 g/mol. The minimum atomic E-state index is -0.994. The first-order valence-electron chi connectivity index (χ1n) is 12.7. The van der Waals surface area contributed by atoms with E-state index in [1.807, 2.05) is 12.1 Å². The van der Waals surface area contributed by atoms with Gasteiger partial charge in [-0.05, 0) is 61.8 Å². The van der Waals surface area contributed by atoms with E-state index in [4.69, 9.17) is 18.9 Å². The van der Waals surface area contributed by atoms with Crippen LogP contribution in [0.5, 0.6) is 17.2 Å². The third-order valence-corrected chi connectivity index (χ3v) is 7.91. The normalized spacial score (nSPS) is 21.7. The average Bonchev–Trinajstić information content (AvgIpc) is 2.89. The van der Waals surface area contributed by atoms with Crippen LogP contribution in [0.25, 0.3) is 0 Å². The monoisotopic (exact) mass is 475 g/mol. The number of ether oxygens (including phenoxy) is 4. The standard InChI is InChI=1S/C27H41NO6/c1-6-18(2)27(19-12-8-7-9-13-19,26(30)34-25(29)21-14-10-11-15-28-21)20-16-22(31-3)24(33-5)23(17-20)32-4/h16-19,21,28H,6-15H2,1-5H3/t18-,21?,27-/m0/s1. The van der Waals surface area contributed by atoms with Gasteiger partial charge in [-0.1, -0.05) is 46.0 Å². The van der Waals surface area contributed by atoms with E-state index in [9.17, 15) is 9.59 Å². The van der Waals surface area contributed by atoms with E-state index in [2.05, 4.69) is 19.2 Å². The summed E-state index contributed by atoms with van der Waals surface area (Å²) in [6.07, 6.45) is 8.51. The Kier molecular flexibility index (Phi) is 9.23. The van der Waals surface area contributed by atoms with Gasteiger partial charge in [-0.15, -0.1) is 0 Å². The molecule has 1 aromatic carbocycles. The van der Waals surface area contributed by atoms with E-state index in [-0.39, 0.29) is 11.8 Å². The molecule has 1 aromatic rings. The predicted molar refractivity (Wildman–Crippen MR) is 131 cm³/mol. The van der Waals surface area contributed by atoms with Crippen LogP contribution >= 0.6 is 0 Å².